The van der Waals surface area contributed by atoms with Crippen LogP contribution < -0.4 is 10.1 Å². The van der Waals surface area contributed by atoms with E-state index in [1.165, 1.54) is 7.11 Å². The van der Waals surface area contributed by atoms with Crippen LogP contribution in [0.25, 0.3) is 0 Å². The molecule has 1 aromatic rings. The summed E-state index contributed by atoms with van der Waals surface area (Å²) in [5.74, 6) is 0.414. The third-order valence-corrected chi connectivity index (χ3v) is 3.23. The molecular weight excluding hydrogens is 262 g/mol. The zero-order chi connectivity index (χ0) is 11.1. The van der Waals surface area contributed by atoms with Gasteiger partial charge in [0, 0.05) is 13.1 Å². The van der Waals surface area contributed by atoms with Crippen LogP contribution in [0.1, 0.15) is 5.56 Å². The highest BCUT2D eigenvalue weighted by Crippen LogP contribution is 2.39. The number of hydrogen-bond acceptors (Lipinski definition) is 4. The Bertz CT molecular complexity index is 390. The van der Waals surface area contributed by atoms with Gasteiger partial charge in [-0.25, -0.2) is 0 Å². The number of rotatable bonds is 2. The normalized spacial score (nSPS) is 18.3. The standard InChI is InChI=1S/C10H12BrNO3/c1-15-8-3-6(2-7(11)9(8)13)10(14)4-12-5-10/h2-3,12-14H,4-5H2,1H3. The summed E-state index contributed by atoms with van der Waals surface area (Å²) < 4.78 is 5.54. The second kappa shape index (κ2) is 3.66. The van der Waals surface area contributed by atoms with E-state index in [4.69, 9.17) is 4.74 Å². The van der Waals surface area contributed by atoms with Gasteiger partial charge in [-0.3, -0.25) is 0 Å². The number of ether oxygens (including phenoxy) is 1. The third kappa shape index (κ3) is 1.71. The summed E-state index contributed by atoms with van der Waals surface area (Å²) in [6, 6.07) is 3.36. The van der Waals surface area contributed by atoms with Gasteiger partial charge in [0.25, 0.3) is 0 Å². The number of aromatic hydroxyl groups is 1. The van der Waals surface area contributed by atoms with Crippen LogP contribution in [0.4, 0.5) is 0 Å². The lowest BCUT2D eigenvalue weighted by molar-refractivity contribution is -0.0149. The van der Waals surface area contributed by atoms with Crippen molar-refractivity contribution in [2.75, 3.05) is 20.2 Å². The molecule has 0 unspecified atom stereocenters. The topological polar surface area (TPSA) is 61.7 Å². The predicted molar refractivity (Wildman–Crippen MR) is 59.1 cm³/mol. The molecule has 1 fully saturated rings. The zero-order valence-electron chi connectivity index (χ0n) is 8.25. The van der Waals surface area contributed by atoms with Crippen LogP contribution in [-0.4, -0.2) is 30.4 Å². The van der Waals surface area contributed by atoms with Gasteiger partial charge in [-0.15, -0.1) is 0 Å². The maximum absolute atomic E-state index is 10.1. The summed E-state index contributed by atoms with van der Waals surface area (Å²) in [5.41, 5.74) is -0.105. The molecule has 1 aliphatic rings. The monoisotopic (exact) mass is 273 g/mol. The van der Waals surface area contributed by atoms with Crippen molar-refractivity contribution in [3.63, 3.8) is 0 Å². The molecule has 82 valence electrons. The van der Waals surface area contributed by atoms with E-state index in [1.54, 1.807) is 12.1 Å². The van der Waals surface area contributed by atoms with Gasteiger partial charge in [0.2, 0.25) is 0 Å². The number of phenolic OH excluding ortho intramolecular Hbond substituents is 1. The number of aliphatic hydroxyl groups is 1. The molecule has 4 nitrogen and oxygen atoms in total. The molecule has 1 aromatic carbocycles. The molecule has 5 heteroatoms. The summed E-state index contributed by atoms with van der Waals surface area (Å²) in [7, 11) is 1.48. The van der Waals surface area contributed by atoms with Gasteiger partial charge in [0.05, 0.1) is 11.6 Å². The zero-order valence-corrected chi connectivity index (χ0v) is 9.84. The Labute approximate surface area is 96.0 Å². The number of hydrogen-bond donors (Lipinski definition) is 3. The van der Waals surface area contributed by atoms with E-state index < -0.39 is 5.60 Å². The van der Waals surface area contributed by atoms with Gasteiger partial charge in [0.15, 0.2) is 11.5 Å². The Morgan fingerprint density at radius 1 is 1.47 bits per heavy atom. The summed E-state index contributed by atoms with van der Waals surface area (Å²) in [4.78, 5) is 0. The molecule has 0 atom stereocenters. The van der Waals surface area contributed by atoms with Crippen molar-refractivity contribution in [3.05, 3.63) is 22.2 Å². The van der Waals surface area contributed by atoms with Crippen LogP contribution in [0, 0.1) is 0 Å². The summed E-state index contributed by atoms with van der Waals surface area (Å²) in [6.45, 7) is 1.04. The van der Waals surface area contributed by atoms with E-state index in [0.29, 0.717) is 23.3 Å². The second-order valence-electron chi connectivity index (χ2n) is 3.64. The van der Waals surface area contributed by atoms with Crippen molar-refractivity contribution >= 4 is 15.9 Å². The van der Waals surface area contributed by atoms with Crippen LogP contribution in [0.5, 0.6) is 11.5 Å². The Morgan fingerprint density at radius 2 is 2.13 bits per heavy atom. The molecule has 1 aliphatic heterocycles. The Balaban J connectivity index is 2.45. The average molecular weight is 274 g/mol. The van der Waals surface area contributed by atoms with Gasteiger partial charge < -0.3 is 20.3 Å². The molecule has 3 N–H and O–H groups in total. The maximum atomic E-state index is 10.1. The van der Waals surface area contributed by atoms with Crippen molar-refractivity contribution in [1.82, 2.24) is 5.32 Å². The molecule has 1 saturated heterocycles. The quantitative estimate of drug-likeness (QED) is 0.751. The first-order valence-electron chi connectivity index (χ1n) is 4.57. The highest BCUT2D eigenvalue weighted by atomic mass is 79.9. The first kappa shape index (κ1) is 10.7. The predicted octanol–water partition coefficient (Wildman–Crippen LogP) is 0.954. The van der Waals surface area contributed by atoms with Gasteiger partial charge in [-0.2, -0.15) is 0 Å². The highest BCUT2D eigenvalue weighted by Gasteiger charge is 2.37. The first-order valence-corrected chi connectivity index (χ1v) is 5.36. The molecular formula is C10H12BrNO3. The van der Waals surface area contributed by atoms with Crippen molar-refractivity contribution in [3.8, 4) is 11.5 Å². The molecule has 2 rings (SSSR count). The Morgan fingerprint density at radius 3 is 2.60 bits per heavy atom. The van der Waals surface area contributed by atoms with Crippen LogP contribution >= 0.6 is 15.9 Å². The number of phenols is 1. The van der Waals surface area contributed by atoms with Gasteiger partial charge >= 0.3 is 0 Å². The molecule has 0 spiro atoms. The first-order chi connectivity index (χ1) is 7.07. The molecule has 15 heavy (non-hydrogen) atoms. The van der Waals surface area contributed by atoms with E-state index >= 15 is 0 Å². The summed E-state index contributed by atoms with van der Waals surface area (Å²) in [5, 5.41) is 22.7. The number of β-amino-alcohol motifs (C(OH)–C–C–N with tert-alkyl or cyclic N) is 1. The number of methoxy groups -OCH3 is 1. The highest BCUT2D eigenvalue weighted by molar-refractivity contribution is 9.10. The average Bonchev–Trinajstić information content (AvgIpc) is 2.18. The van der Waals surface area contributed by atoms with Gasteiger partial charge in [-0.05, 0) is 33.6 Å². The number of benzene rings is 1. The maximum Gasteiger partial charge on any atom is 0.172 e. The smallest absolute Gasteiger partial charge is 0.172 e. The minimum Gasteiger partial charge on any atom is -0.503 e. The molecule has 0 radical (unpaired) electrons. The van der Waals surface area contributed by atoms with E-state index in [9.17, 15) is 10.2 Å². The van der Waals surface area contributed by atoms with E-state index in [0.717, 1.165) is 5.56 Å². The fourth-order valence-electron chi connectivity index (χ4n) is 1.56. The molecule has 1 heterocycles. The van der Waals surface area contributed by atoms with Crippen LogP contribution in [0.3, 0.4) is 0 Å². The largest absolute Gasteiger partial charge is 0.503 e. The second-order valence-corrected chi connectivity index (χ2v) is 4.50. The minimum atomic E-state index is -0.844. The van der Waals surface area contributed by atoms with Gasteiger partial charge in [-0.1, -0.05) is 0 Å². The molecule has 0 bridgehead atoms. The van der Waals surface area contributed by atoms with E-state index in [-0.39, 0.29) is 5.75 Å². The van der Waals surface area contributed by atoms with Crippen molar-refractivity contribution in [1.29, 1.82) is 0 Å². The van der Waals surface area contributed by atoms with Crippen molar-refractivity contribution < 1.29 is 14.9 Å². The van der Waals surface area contributed by atoms with Gasteiger partial charge in [0.1, 0.15) is 5.60 Å². The molecule has 0 aliphatic carbocycles. The van der Waals surface area contributed by atoms with Crippen molar-refractivity contribution in [2.45, 2.75) is 5.60 Å². The Kier molecular flexibility index (Phi) is 2.62. The Hall–Kier alpha value is -0.780. The summed E-state index contributed by atoms with van der Waals surface area (Å²) in [6.07, 6.45) is 0. The SMILES string of the molecule is COc1cc(C2(O)CNC2)cc(Br)c1O. The molecule has 0 saturated carbocycles. The van der Waals surface area contributed by atoms with Crippen LogP contribution in [-0.2, 0) is 5.60 Å². The fraction of sp³-hybridized carbons (Fsp3) is 0.400. The fourth-order valence-corrected chi connectivity index (χ4v) is 2.01. The molecule has 0 amide bonds. The van der Waals surface area contributed by atoms with E-state index in [1.807, 2.05) is 0 Å². The lowest BCUT2D eigenvalue weighted by Crippen LogP contribution is -2.56. The number of halogens is 1. The number of nitrogens with one attached hydrogen (secondary N) is 1. The van der Waals surface area contributed by atoms with Crippen LogP contribution in [0.2, 0.25) is 0 Å². The van der Waals surface area contributed by atoms with Crippen molar-refractivity contribution in [2.24, 2.45) is 0 Å². The molecule has 0 aromatic heterocycles. The lowest BCUT2D eigenvalue weighted by atomic mass is 9.88. The van der Waals surface area contributed by atoms with Crippen LogP contribution in [0.15, 0.2) is 16.6 Å². The third-order valence-electron chi connectivity index (χ3n) is 2.62. The summed E-state index contributed by atoms with van der Waals surface area (Å²) >= 11 is 3.22. The van der Waals surface area contributed by atoms with E-state index in [2.05, 4.69) is 21.2 Å². The lowest BCUT2D eigenvalue weighted by Gasteiger charge is -2.38. The minimum absolute atomic E-state index is 0.0529.